The molecule has 1 amide bonds. The lowest BCUT2D eigenvalue weighted by atomic mass is 9.87. The second kappa shape index (κ2) is 8.03. The molecule has 0 bridgehead atoms. The number of quaternary nitrogens is 1. The second-order valence-electron chi connectivity index (χ2n) is 7.70. The highest BCUT2D eigenvalue weighted by atomic mass is 32.2. The van der Waals surface area contributed by atoms with Gasteiger partial charge in [-0.3, -0.25) is 9.38 Å². The van der Waals surface area contributed by atoms with Crippen molar-refractivity contribution >= 4 is 17.7 Å². The van der Waals surface area contributed by atoms with Gasteiger partial charge in [0.25, 0.3) is 0 Å². The van der Waals surface area contributed by atoms with Gasteiger partial charge in [0.1, 0.15) is 11.8 Å². The summed E-state index contributed by atoms with van der Waals surface area (Å²) in [5, 5.41) is 0. The summed E-state index contributed by atoms with van der Waals surface area (Å²) >= 11 is 1.67. The first-order valence-electron chi connectivity index (χ1n) is 9.38. The molecular weight excluding hydrogens is 316 g/mol. The minimum absolute atomic E-state index is 0.361. The molecule has 1 aromatic carbocycles. The number of likely N-dealkylation sites (tertiary alicyclic amines) is 1. The standard InChI is InChI=1S/C20H31N2OS/c1-22(2,20(23)16-24-17-10-4-3-5-11-17)19-13-7-6-12-18(19)21-14-8-9-15-21/h3-5,10-11,18-19H,6-9,12-16H2,1-2H3/q+1/t18-,19-/m1/s1. The third-order valence-corrected chi connectivity index (χ3v) is 6.88. The zero-order valence-corrected chi connectivity index (χ0v) is 15.9. The molecule has 0 N–H and O–H groups in total. The fraction of sp³-hybridized carbons (Fsp3) is 0.650. The summed E-state index contributed by atoms with van der Waals surface area (Å²) in [6.07, 6.45) is 7.71. The topological polar surface area (TPSA) is 20.3 Å². The lowest BCUT2D eigenvalue weighted by molar-refractivity contribution is -0.844. The fourth-order valence-corrected chi connectivity index (χ4v) is 5.33. The molecule has 132 valence electrons. The number of hydrogen-bond acceptors (Lipinski definition) is 3. The van der Waals surface area contributed by atoms with Crippen molar-refractivity contribution in [3.8, 4) is 0 Å². The third kappa shape index (κ3) is 4.04. The van der Waals surface area contributed by atoms with E-state index in [0.717, 1.165) is 0 Å². The first-order chi connectivity index (χ1) is 11.6. The number of benzene rings is 1. The Labute approximate surface area is 151 Å². The Kier molecular flexibility index (Phi) is 6.01. The van der Waals surface area contributed by atoms with Crippen molar-refractivity contribution < 1.29 is 9.28 Å². The van der Waals surface area contributed by atoms with Gasteiger partial charge in [-0.1, -0.05) is 24.6 Å². The van der Waals surface area contributed by atoms with Gasteiger partial charge in [0.15, 0.2) is 0 Å². The van der Waals surface area contributed by atoms with Crippen molar-refractivity contribution in [2.24, 2.45) is 0 Å². The molecule has 2 fully saturated rings. The van der Waals surface area contributed by atoms with Crippen molar-refractivity contribution in [2.75, 3.05) is 32.9 Å². The van der Waals surface area contributed by atoms with E-state index in [-0.39, 0.29) is 0 Å². The molecule has 1 saturated heterocycles. The first-order valence-corrected chi connectivity index (χ1v) is 10.4. The first kappa shape index (κ1) is 18.0. The molecule has 3 nitrogen and oxygen atoms in total. The predicted molar refractivity (Wildman–Crippen MR) is 101 cm³/mol. The summed E-state index contributed by atoms with van der Waals surface area (Å²) in [6, 6.07) is 11.3. The minimum Gasteiger partial charge on any atom is -0.295 e. The number of carbonyl (C=O) groups is 1. The molecule has 1 aromatic rings. The average Bonchev–Trinajstić information content (AvgIpc) is 3.15. The SMILES string of the molecule is C[N+](C)(C(=O)CSc1ccccc1)[C@@H]1CCCC[C@H]1N1CCCC1. The zero-order valence-electron chi connectivity index (χ0n) is 15.1. The molecule has 0 unspecified atom stereocenters. The van der Waals surface area contributed by atoms with Gasteiger partial charge in [-0.25, -0.2) is 4.79 Å². The maximum atomic E-state index is 13.0. The van der Waals surface area contributed by atoms with Crippen LogP contribution in [0.15, 0.2) is 35.2 Å². The quantitative estimate of drug-likeness (QED) is 0.597. The predicted octanol–water partition coefficient (Wildman–Crippen LogP) is 3.79. The Balaban J connectivity index is 1.66. The lowest BCUT2D eigenvalue weighted by Gasteiger charge is -2.45. The maximum Gasteiger partial charge on any atom is 0.323 e. The molecule has 2 atom stereocenters. The van der Waals surface area contributed by atoms with Crippen LogP contribution in [0, 0.1) is 0 Å². The van der Waals surface area contributed by atoms with Crippen LogP contribution in [0.4, 0.5) is 0 Å². The molecule has 0 spiro atoms. The van der Waals surface area contributed by atoms with Crippen LogP contribution < -0.4 is 0 Å². The monoisotopic (exact) mass is 347 g/mol. The maximum absolute atomic E-state index is 13.0. The van der Waals surface area contributed by atoms with Gasteiger partial charge in [0.2, 0.25) is 0 Å². The van der Waals surface area contributed by atoms with E-state index in [4.69, 9.17) is 0 Å². The molecule has 2 aliphatic rings. The molecule has 1 heterocycles. The van der Waals surface area contributed by atoms with E-state index in [0.29, 0.717) is 28.2 Å². The zero-order chi connectivity index (χ0) is 17.0. The number of carbonyl (C=O) groups excluding carboxylic acids is 1. The third-order valence-electron chi connectivity index (χ3n) is 5.88. The summed E-state index contributed by atoms with van der Waals surface area (Å²) in [5.41, 5.74) is 0. The van der Waals surface area contributed by atoms with Gasteiger partial charge in [0.05, 0.1) is 20.1 Å². The van der Waals surface area contributed by atoms with Crippen LogP contribution in [-0.4, -0.2) is 60.3 Å². The van der Waals surface area contributed by atoms with E-state index in [2.05, 4.69) is 31.1 Å². The van der Waals surface area contributed by atoms with E-state index < -0.39 is 0 Å². The minimum atomic E-state index is 0.361. The highest BCUT2D eigenvalue weighted by molar-refractivity contribution is 8.00. The second-order valence-corrected chi connectivity index (χ2v) is 8.75. The number of amides is 1. The Morgan fingerprint density at radius 2 is 1.75 bits per heavy atom. The van der Waals surface area contributed by atoms with Crippen molar-refractivity contribution in [1.29, 1.82) is 0 Å². The highest BCUT2D eigenvalue weighted by Gasteiger charge is 2.44. The van der Waals surface area contributed by atoms with Crippen LogP contribution in [-0.2, 0) is 4.79 Å². The summed E-state index contributed by atoms with van der Waals surface area (Å²) < 4.78 is 0.543. The van der Waals surface area contributed by atoms with Gasteiger partial charge >= 0.3 is 5.91 Å². The van der Waals surface area contributed by atoms with E-state index in [1.807, 2.05) is 18.2 Å². The number of hydrogen-bond donors (Lipinski definition) is 0. The smallest absolute Gasteiger partial charge is 0.295 e. The number of thioether (sulfide) groups is 1. The van der Waals surface area contributed by atoms with Gasteiger partial charge in [-0.2, -0.15) is 0 Å². The summed E-state index contributed by atoms with van der Waals surface area (Å²) in [6.45, 7) is 2.46. The Hall–Kier alpha value is -0.840. The molecule has 1 saturated carbocycles. The van der Waals surface area contributed by atoms with E-state index in [1.165, 1.54) is 56.5 Å². The van der Waals surface area contributed by atoms with Gasteiger partial charge in [0, 0.05) is 11.3 Å². The highest BCUT2D eigenvalue weighted by Crippen LogP contribution is 2.32. The number of rotatable bonds is 5. The van der Waals surface area contributed by atoms with Crippen molar-refractivity contribution in [2.45, 2.75) is 55.5 Å². The van der Waals surface area contributed by atoms with Crippen LogP contribution in [0.2, 0.25) is 0 Å². The molecular formula is C20H31N2OS+. The lowest BCUT2D eigenvalue weighted by Crippen LogP contribution is -2.62. The Morgan fingerprint density at radius 1 is 1.08 bits per heavy atom. The normalized spacial score (nSPS) is 25.8. The van der Waals surface area contributed by atoms with E-state index in [9.17, 15) is 4.79 Å². The van der Waals surface area contributed by atoms with E-state index >= 15 is 0 Å². The van der Waals surface area contributed by atoms with Crippen LogP contribution in [0.25, 0.3) is 0 Å². The molecule has 1 aliphatic heterocycles. The largest absolute Gasteiger partial charge is 0.323 e. The Bertz CT molecular complexity index is 540. The van der Waals surface area contributed by atoms with Crippen LogP contribution >= 0.6 is 11.8 Å². The van der Waals surface area contributed by atoms with Crippen LogP contribution in [0.5, 0.6) is 0 Å². The van der Waals surface area contributed by atoms with Gasteiger partial charge < -0.3 is 0 Å². The van der Waals surface area contributed by atoms with Crippen LogP contribution in [0.3, 0.4) is 0 Å². The summed E-state index contributed by atoms with van der Waals surface area (Å²) in [7, 11) is 4.29. The van der Waals surface area contributed by atoms with Gasteiger partial charge in [-0.05, 0) is 50.9 Å². The molecule has 0 aromatic heterocycles. The number of nitrogens with zero attached hydrogens (tertiary/aromatic N) is 2. The Morgan fingerprint density at radius 3 is 2.46 bits per heavy atom. The fourth-order valence-electron chi connectivity index (χ4n) is 4.36. The molecule has 1 aliphatic carbocycles. The average molecular weight is 348 g/mol. The van der Waals surface area contributed by atoms with E-state index in [1.54, 1.807) is 11.8 Å². The van der Waals surface area contributed by atoms with Crippen molar-refractivity contribution in [3.63, 3.8) is 0 Å². The molecule has 24 heavy (non-hydrogen) atoms. The summed E-state index contributed by atoms with van der Waals surface area (Å²) in [4.78, 5) is 16.9. The van der Waals surface area contributed by atoms with Gasteiger partial charge in [-0.15, -0.1) is 11.8 Å². The van der Waals surface area contributed by atoms with Crippen molar-refractivity contribution in [3.05, 3.63) is 30.3 Å². The molecule has 3 rings (SSSR count). The number of likely N-dealkylation sites (N-methyl/N-ethyl adjacent to an activating group) is 1. The van der Waals surface area contributed by atoms with Crippen LogP contribution in [0.1, 0.15) is 38.5 Å². The van der Waals surface area contributed by atoms with Crippen molar-refractivity contribution in [1.82, 2.24) is 4.90 Å². The molecule has 4 heteroatoms. The summed E-state index contributed by atoms with van der Waals surface area (Å²) in [5.74, 6) is 0.931. The molecule has 0 radical (unpaired) electrons.